The van der Waals surface area contributed by atoms with Crippen molar-refractivity contribution in [2.75, 3.05) is 25.1 Å². The lowest BCUT2D eigenvalue weighted by molar-refractivity contribution is 0.0593. The van der Waals surface area contributed by atoms with Crippen molar-refractivity contribution in [3.8, 4) is 0 Å². The van der Waals surface area contributed by atoms with Gasteiger partial charge in [-0.05, 0) is 24.7 Å². The molecule has 2 unspecified atom stereocenters. The minimum atomic E-state index is -0.438. The van der Waals surface area contributed by atoms with Crippen LogP contribution < -0.4 is 4.90 Å². The zero-order chi connectivity index (χ0) is 12.5. The Morgan fingerprint density at radius 3 is 2.56 bits per heavy atom. The van der Waals surface area contributed by atoms with Gasteiger partial charge in [0.15, 0.2) is 5.69 Å². The highest BCUT2D eigenvalue weighted by atomic mass is 16.5. The van der Waals surface area contributed by atoms with Crippen LogP contribution in [0.2, 0.25) is 0 Å². The van der Waals surface area contributed by atoms with E-state index >= 15 is 0 Å². The second kappa shape index (κ2) is 4.55. The molecule has 1 saturated carbocycles. The standard InChI is InChI=1S/C13H17N3O2/c1-18-13(17)11-5-15-12(6-14-11)16-7-9-3-2-4-10(9)8-16/h5-6,9-10H,2-4,7-8H2,1H3. The summed E-state index contributed by atoms with van der Waals surface area (Å²) in [7, 11) is 1.35. The van der Waals surface area contributed by atoms with Gasteiger partial charge in [-0.3, -0.25) is 0 Å². The molecule has 0 amide bonds. The third-order valence-corrected chi connectivity index (χ3v) is 4.08. The minimum absolute atomic E-state index is 0.264. The average Bonchev–Trinajstić information content (AvgIpc) is 2.99. The Balaban J connectivity index is 1.72. The zero-order valence-corrected chi connectivity index (χ0v) is 10.5. The number of hydrogen-bond donors (Lipinski definition) is 0. The Morgan fingerprint density at radius 2 is 2.00 bits per heavy atom. The largest absolute Gasteiger partial charge is 0.464 e. The number of methoxy groups -OCH3 is 1. The van der Waals surface area contributed by atoms with Gasteiger partial charge < -0.3 is 9.64 Å². The van der Waals surface area contributed by atoms with Crippen molar-refractivity contribution < 1.29 is 9.53 Å². The predicted molar refractivity (Wildman–Crippen MR) is 66.4 cm³/mol. The SMILES string of the molecule is COC(=O)c1cnc(N2CC3CCCC3C2)cn1. The first-order valence-electron chi connectivity index (χ1n) is 6.43. The summed E-state index contributed by atoms with van der Waals surface area (Å²) >= 11 is 0. The van der Waals surface area contributed by atoms with Crippen molar-refractivity contribution in [1.82, 2.24) is 9.97 Å². The molecule has 96 valence electrons. The van der Waals surface area contributed by atoms with Crippen LogP contribution >= 0.6 is 0 Å². The molecule has 0 N–H and O–H groups in total. The Bertz CT molecular complexity index is 434. The molecule has 18 heavy (non-hydrogen) atoms. The number of fused-ring (bicyclic) bond motifs is 1. The fourth-order valence-electron chi connectivity index (χ4n) is 3.12. The normalized spacial score (nSPS) is 26.2. The van der Waals surface area contributed by atoms with Crippen LogP contribution in [0.3, 0.4) is 0 Å². The quantitative estimate of drug-likeness (QED) is 0.741. The number of rotatable bonds is 2. The molecule has 1 aliphatic heterocycles. The first kappa shape index (κ1) is 11.4. The second-order valence-corrected chi connectivity index (χ2v) is 5.11. The smallest absolute Gasteiger partial charge is 0.358 e. The summed E-state index contributed by atoms with van der Waals surface area (Å²) in [4.78, 5) is 22.0. The van der Waals surface area contributed by atoms with E-state index in [-0.39, 0.29) is 5.69 Å². The lowest BCUT2D eigenvalue weighted by atomic mass is 10.0. The molecular weight excluding hydrogens is 230 g/mol. The van der Waals surface area contributed by atoms with Crippen LogP contribution in [-0.4, -0.2) is 36.1 Å². The van der Waals surface area contributed by atoms with Crippen LogP contribution in [0.25, 0.3) is 0 Å². The molecule has 1 aliphatic carbocycles. The van der Waals surface area contributed by atoms with E-state index < -0.39 is 5.97 Å². The highest BCUT2D eigenvalue weighted by Crippen LogP contribution is 2.38. The van der Waals surface area contributed by atoms with Crippen LogP contribution in [0.4, 0.5) is 5.82 Å². The molecule has 2 heterocycles. The molecule has 1 aromatic heterocycles. The van der Waals surface area contributed by atoms with Gasteiger partial charge in [0.25, 0.3) is 0 Å². The maximum absolute atomic E-state index is 11.3. The molecule has 2 fully saturated rings. The third kappa shape index (κ3) is 1.94. The number of nitrogens with zero attached hydrogens (tertiary/aromatic N) is 3. The van der Waals surface area contributed by atoms with Crippen LogP contribution in [0.1, 0.15) is 29.8 Å². The van der Waals surface area contributed by atoms with Gasteiger partial charge in [-0.15, -0.1) is 0 Å². The Kier molecular flexibility index (Phi) is 2.89. The van der Waals surface area contributed by atoms with E-state index in [1.54, 1.807) is 6.20 Å². The lowest BCUT2D eigenvalue weighted by Gasteiger charge is -2.17. The summed E-state index contributed by atoms with van der Waals surface area (Å²) in [6, 6.07) is 0. The molecule has 5 heteroatoms. The number of carbonyl (C=O) groups excluding carboxylic acids is 1. The third-order valence-electron chi connectivity index (χ3n) is 4.08. The molecule has 1 saturated heterocycles. The fraction of sp³-hybridized carbons (Fsp3) is 0.615. The molecule has 0 bridgehead atoms. The van der Waals surface area contributed by atoms with Gasteiger partial charge in [0.1, 0.15) is 5.82 Å². The number of aromatic nitrogens is 2. The zero-order valence-electron chi connectivity index (χ0n) is 10.5. The van der Waals surface area contributed by atoms with E-state index in [1.165, 1.54) is 32.6 Å². The van der Waals surface area contributed by atoms with Crippen LogP contribution in [-0.2, 0) is 4.74 Å². The van der Waals surface area contributed by atoms with Gasteiger partial charge in [0.2, 0.25) is 0 Å². The summed E-state index contributed by atoms with van der Waals surface area (Å²) in [6.45, 7) is 2.16. The molecule has 1 aromatic rings. The van der Waals surface area contributed by atoms with Crippen molar-refractivity contribution in [1.29, 1.82) is 0 Å². The molecule has 3 rings (SSSR count). The van der Waals surface area contributed by atoms with E-state index in [0.717, 1.165) is 30.7 Å². The highest BCUT2D eigenvalue weighted by molar-refractivity contribution is 5.86. The van der Waals surface area contributed by atoms with Crippen molar-refractivity contribution in [3.63, 3.8) is 0 Å². The Morgan fingerprint density at radius 1 is 1.28 bits per heavy atom. The summed E-state index contributed by atoms with van der Waals surface area (Å²) in [5.41, 5.74) is 0.264. The van der Waals surface area contributed by atoms with Crippen LogP contribution in [0, 0.1) is 11.8 Å². The molecule has 2 aliphatic rings. The molecular formula is C13H17N3O2. The molecule has 0 spiro atoms. The van der Waals surface area contributed by atoms with Gasteiger partial charge in [-0.1, -0.05) is 6.42 Å². The highest BCUT2D eigenvalue weighted by Gasteiger charge is 2.36. The van der Waals surface area contributed by atoms with Gasteiger partial charge in [-0.2, -0.15) is 0 Å². The van der Waals surface area contributed by atoms with Crippen LogP contribution in [0.5, 0.6) is 0 Å². The second-order valence-electron chi connectivity index (χ2n) is 5.11. The summed E-state index contributed by atoms with van der Waals surface area (Å²) in [6.07, 6.45) is 7.22. The monoisotopic (exact) mass is 247 g/mol. The maximum Gasteiger partial charge on any atom is 0.358 e. The topological polar surface area (TPSA) is 55.3 Å². The number of esters is 1. The number of ether oxygens (including phenoxy) is 1. The van der Waals surface area contributed by atoms with Crippen LogP contribution in [0.15, 0.2) is 12.4 Å². The van der Waals surface area contributed by atoms with Gasteiger partial charge in [-0.25, -0.2) is 14.8 Å². The van der Waals surface area contributed by atoms with E-state index in [2.05, 4.69) is 19.6 Å². The average molecular weight is 247 g/mol. The summed E-state index contributed by atoms with van der Waals surface area (Å²) in [5, 5.41) is 0. The van der Waals surface area contributed by atoms with E-state index in [9.17, 15) is 4.79 Å². The first-order valence-corrected chi connectivity index (χ1v) is 6.43. The van der Waals surface area contributed by atoms with Crippen molar-refractivity contribution in [3.05, 3.63) is 18.1 Å². The predicted octanol–water partition coefficient (Wildman–Crippen LogP) is 1.50. The molecule has 5 nitrogen and oxygen atoms in total. The van der Waals surface area contributed by atoms with Gasteiger partial charge in [0.05, 0.1) is 19.5 Å². The maximum atomic E-state index is 11.3. The molecule has 0 radical (unpaired) electrons. The molecule has 0 aromatic carbocycles. The Hall–Kier alpha value is -1.65. The van der Waals surface area contributed by atoms with E-state index in [4.69, 9.17) is 0 Å². The van der Waals surface area contributed by atoms with Crippen molar-refractivity contribution >= 4 is 11.8 Å². The number of carbonyl (C=O) groups is 1. The van der Waals surface area contributed by atoms with Gasteiger partial charge in [0, 0.05) is 13.1 Å². The first-order chi connectivity index (χ1) is 8.78. The van der Waals surface area contributed by atoms with Crippen molar-refractivity contribution in [2.24, 2.45) is 11.8 Å². The van der Waals surface area contributed by atoms with Crippen molar-refractivity contribution in [2.45, 2.75) is 19.3 Å². The lowest BCUT2D eigenvalue weighted by Crippen LogP contribution is -2.22. The van der Waals surface area contributed by atoms with Gasteiger partial charge >= 0.3 is 5.97 Å². The number of anilines is 1. The van der Waals surface area contributed by atoms with E-state index in [0.29, 0.717) is 0 Å². The number of hydrogen-bond acceptors (Lipinski definition) is 5. The minimum Gasteiger partial charge on any atom is -0.464 e. The Labute approximate surface area is 106 Å². The summed E-state index contributed by atoms with van der Waals surface area (Å²) < 4.78 is 4.61. The fourth-order valence-corrected chi connectivity index (χ4v) is 3.12. The molecule has 2 atom stereocenters. The van der Waals surface area contributed by atoms with E-state index in [1.807, 2.05) is 0 Å². The summed E-state index contributed by atoms with van der Waals surface area (Å²) in [5.74, 6) is 2.09.